The lowest BCUT2D eigenvalue weighted by Crippen LogP contribution is -2.29. The quantitative estimate of drug-likeness (QED) is 0.120. The van der Waals surface area contributed by atoms with E-state index in [2.05, 4.69) is 325 Å². The van der Waals surface area contributed by atoms with E-state index in [0.29, 0.717) is 0 Å². The van der Waals surface area contributed by atoms with Crippen LogP contribution in [-0.4, -0.2) is 0 Å². The molecule has 0 unspecified atom stereocenters. The van der Waals surface area contributed by atoms with Crippen molar-refractivity contribution < 1.29 is 0 Å². The van der Waals surface area contributed by atoms with Crippen LogP contribution in [0.5, 0.6) is 0 Å². The monoisotopic (exact) mass is 956 g/mol. The number of nitrogens with zero attached hydrogens (tertiary/aromatic N) is 2. The van der Waals surface area contributed by atoms with Crippen molar-refractivity contribution >= 4 is 34.1 Å². The molecular weight excluding hydrogens is 905 g/mol. The zero-order valence-electron chi connectivity index (χ0n) is 41.4. The predicted molar refractivity (Wildman–Crippen MR) is 315 cm³/mol. The van der Waals surface area contributed by atoms with Crippen LogP contribution in [0.1, 0.15) is 22.3 Å². The van der Waals surface area contributed by atoms with Crippen LogP contribution in [0, 0.1) is 0 Å². The number of fused-ring (bicyclic) bond motifs is 3. The van der Waals surface area contributed by atoms with Gasteiger partial charge in [-0.1, -0.05) is 206 Å². The molecule has 0 aromatic heterocycles. The second kappa shape index (κ2) is 19.7. The Morgan fingerprint density at radius 1 is 0.187 bits per heavy atom. The predicted octanol–water partition coefficient (Wildman–Crippen LogP) is 19.7. The second-order valence-electron chi connectivity index (χ2n) is 19.3. The largest absolute Gasteiger partial charge is 0.310 e. The summed E-state index contributed by atoms with van der Waals surface area (Å²) < 4.78 is 0. The molecule has 2 heteroatoms. The lowest BCUT2D eigenvalue weighted by Gasteiger charge is -2.37. The molecular formula is C73H52N2. The molecule has 354 valence electrons. The minimum absolute atomic E-state index is 0.891. The third-order valence-electron chi connectivity index (χ3n) is 14.8. The van der Waals surface area contributed by atoms with Gasteiger partial charge in [0.1, 0.15) is 0 Å². The highest BCUT2D eigenvalue weighted by atomic mass is 15.1. The second-order valence-corrected chi connectivity index (χ2v) is 19.3. The van der Waals surface area contributed by atoms with Gasteiger partial charge in [-0.3, -0.25) is 0 Å². The molecule has 12 aromatic rings. The van der Waals surface area contributed by atoms with Gasteiger partial charge in [-0.2, -0.15) is 0 Å². The summed E-state index contributed by atoms with van der Waals surface area (Å²) in [6.45, 7) is 0. The summed E-state index contributed by atoms with van der Waals surface area (Å²) in [6, 6.07) is 116. The van der Waals surface area contributed by atoms with Crippen molar-refractivity contribution in [3.05, 3.63) is 338 Å². The van der Waals surface area contributed by atoms with Crippen molar-refractivity contribution in [3.8, 4) is 55.6 Å². The Morgan fingerprint density at radius 2 is 0.427 bits per heavy atom. The first-order valence-electron chi connectivity index (χ1n) is 25.8. The molecule has 0 fully saturated rings. The van der Waals surface area contributed by atoms with E-state index in [9.17, 15) is 0 Å². The highest BCUT2D eigenvalue weighted by Gasteiger charge is 2.48. The molecule has 1 aliphatic rings. The first-order valence-corrected chi connectivity index (χ1v) is 25.8. The normalized spacial score (nSPS) is 12.1. The molecule has 13 rings (SSSR count). The van der Waals surface area contributed by atoms with Crippen molar-refractivity contribution in [2.75, 3.05) is 9.80 Å². The minimum atomic E-state index is -0.891. The zero-order valence-corrected chi connectivity index (χ0v) is 41.4. The third kappa shape index (κ3) is 8.39. The van der Waals surface area contributed by atoms with E-state index in [1.165, 1.54) is 33.4 Å². The Labute approximate surface area is 440 Å². The number of benzene rings is 12. The molecule has 1 aliphatic carbocycles. The summed E-state index contributed by atoms with van der Waals surface area (Å²) >= 11 is 0. The van der Waals surface area contributed by atoms with Crippen LogP contribution in [0.15, 0.2) is 315 Å². The number of hydrogen-bond donors (Lipinski definition) is 0. The van der Waals surface area contributed by atoms with Gasteiger partial charge in [-0.15, -0.1) is 0 Å². The standard InChI is InChI=1S/C73H52N2/c1-9-25-53(26-10-1)57-45-58(54-27-11-2-12-28-54)48-61(47-57)73(62-49-59(55-29-13-3-14-30-55)46-60(50-62)56-31-15-4-16-32-56)71-51-67(74(63-33-17-5-18-34-63)64-35-19-6-20-36-64)41-43-69(71)70-44-42-68(52-72(70)73)75(65-37-21-7-22-38-65)66-39-23-8-24-40-66/h1-52H. The van der Waals surface area contributed by atoms with Crippen LogP contribution in [-0.2, 0) is 5.41 Å². The molecule has 0 saturated heterocycles. The summed E-state index contributed by atoms with van der Waals surface area (Å²) in [4.78, 5) is 4.80. The maximum Gasteiger partial charge on any atom is 0.0715 e. The van der Waals surface area contributed by atoms with Gasteiger partial charge in [-0.05, 0) is 187 Å². The van der Waals surface area contributed by atoms with E-state index < -0.39 is 5.41 Å². The van der Waals surface area contributed by atoms with Gasteiger partial charge in [0.15, 0.2) is 0 Å². The zero-order chi connectivity index (χ0) is 50.0. The van der Waals surface area contributed by atoms with Crippen LogP contribution in [0.2, 0.25) is 0 Å². The fourth-order valence-corrected chi connectivity index (χ4v) is 11.4. The Hall–Kier alpha value is -9.76. The summed E-state index contributed by atoms with van der Waals surface area (Å²) in [7, 11) is 0. The van der Waals surface area contributed by atoms with Gasteiger partial charge in [0, 0.05) is 34.1 Å². The fraction of sp³-hybridized carbons (Fsp3) is 0.0137. The van der Waals surface area contributed by atoms with Crippen LogP contribution in [0.25, 0.3) is 55.6 Å². The molecule has 75 heavy (non-hydrogen) atoms. The highest BCUT2D eigenvalue weighted by Crippen LogP contribution is 2.60. The lowest BCUT2D eigenvalue weighted by atomic mass is 9.66. The molecule has 2 nitrogen and oxygen atoms in total. The molecule has 0 N–H and O–H groups in total. The Balaban J connectivity index is 1.20. The maximum absolute atomic E-state index is 2.50. The van der Waals surface area contributed by atoms with Crippen LogP contribution < -0.4 is 9.80 Å². The first-order chi connectivity index (χ1) is 37.2. The number of rotatable bonds is 12. The summed E-state index contributed by atoms with van der Waals surface area (Å²) in [5.74, 6) is 0. The first kappa shape index (κ1) is 45.1. The summed E-state index contributed by atoms with van der Waals surface area (Å²) in [5.41, 5.74) is 22.0. The van der Waals surface area contributed by atoms with Crippen molar-refractivity contribution in [1.82, 2.24) is 0 Å². The van der Waals surface area contributed by atoms with E-state index in [1.807, 2.05) is 0 Å². The van der Waals surface area contributed by atoms with Crippen molar-refractivity contribution in [2.45, 2.75) is 5.41 Å². The average molecular weight is 957 g/mol. The van der Waals surface area contributed by atoms with Crippen LogP contribution >= 0.6 is 0 Å². The molecule has 12 aromatic carbocycles. The third-order valence-corrected chi connectivity index (χ3v) is 14.8. The van der Waals surface area contributed by atoms with Crippen molar-refractivity contribution in [1.29, 1.82) is 0 Å². The Kier molecular flexibility index (Phi) is 11.8. The van der Waals surface area contributed by atoms with E-state index in [4.69, 9.17) is 0 Å². The fourth-order valence-electron chi connectivity index (χ4n) is 11.4. The molecule has 0 saturated carbocycles. The topological polar surface area (TPSA) is 6.48 Å². The maximum atomic E-state index is 2.50. The van der Waals surface area contributed by atoms with Gasteiger partial charge in [-0.25, -0.2) is 0 Å². The van der Waals surface area contributed by atoms with E-state index in [1.54, 1.807) is 0 Å². The molecule has 0 aliphatic heterocycles. The van der Waals surface area contributed by atoms with E-state index in [-0.39, 0.29) is 0 Å². The Morgan fingerprint density at radius 3 is 0.680 bits per heavy atom. The van der Waals surface area contributed by atoms with Gasteiger partial charge in [0.05, 0.1) is 5.41 Å². The minimum Gasteiger partial charge on any atom is -0.310 e. The van der Waals surface area contributed by atoms with Gasteiger partial charge >= 0.3 is 0 Å². The molecule has 0 atom stereocenters. The van der Waals surface area contributed by atoms with Crippen molar-refractivity contribution in [3.63, 3.8) is 0 Å². The highest BCUT2D eigenvalue weighted by molar-refractivity contribution is 5.94. The lowest BCUT2D eigenvalue weighted by molar-refractivity contribution is 0.769. The molecule has 0 radical (unpaired) electrons. The molecule has 0 spiro atoms. The van der Waals surface area contributed by atoms with E-state index in [0.717, 1.165) is 78.6 Å². The smallest absolute Gasteiger partial charge is 0.0715 e. The molecule has 0 heterocycles. The number of hydrogen-bond acceptors (Lipinski definition) is 2. The number of para-hydroxylation sites is 4. The Bertz CT molecular complexity index is 3450. The van der Waals surface area contributed by atoms with E-state index >= 15 is 0 Å². The summed E-state index contributed by atoms with van der Waals surface area (Å²) in [5, 5.41) is 0. The summed E-state index contributed by atoms with van der Waals surface area (Å²) in [6.07, 6.45) is 0. The van der Waals surface area contributed by atoms with Crippen LogP contribution in [0.4, 0.5) is 34.1 Å². The van der Waals surface area contributed by atoms with Crippen molar-refractivity contribution in [2.24, 2.45) is 0 Å². The van der Waals surface area contributed by atoms with Crippen LogP contribution in [0.3, 0.4) is 0 Å². The average Bonchev–Trinajstić information content (AvgIpc) is 3.82. The SMILES string of the molecule is c1ccc(-c2cc(-c3ccccc3)cc(C3(c4cc(-c5ccccc5)cc(-c5ccccc5)c4)c4cc(N(c5ccccc5)c5ccccc5)ccc4-c4ccc(N(c5ccccc5)c5ccccc5)cc43)c2)cc1. The van der Waals surface area contributed by atoms with Gasteiger partial charge in [0.25, 0.3) is 0 Å². The molecule has 0 amide bonds. The number of anilines is 6. The molecule has 0 bridgehead atoms. The van der Waals surface area contributed by atoms with Gasteiger partial charge in [0.2, 0.25) is 0 Å². The van der Waals surface area contributed by atoms with Gasteiger partial charge < -0.3 is 9.80 Å².